The molecule has 3 aromatic carbocycles. The van der Waals surface area contributed by atoms with E-state index in [0.717, 1.165) is 31.2 Å². The Balaban J connectivity index is 1.54. The fourth-order valence-electron chi connectivity index (χ4n) is 4.70. The Labute approximate surface area is 234 Å². The fourth-order valence-corrected chi connectivity index (χ4v) is 4.70. The second kappa shape index (κ2) is 13.6. The van der Waals surface area contributed by atoms with Crippen molar-refractivity contribution in [1.29, 1.82) is 0 Å². The van der Waals surface area contributed by atoms with Gasteiger partial charge in [-0.05, 0) is 85.7 Å². The summed E-state index contributed by atoms with van der Waals surface area (Å²) in [4.78, 5) is 37.1. The van der Waals surface area contributed by atoms with Gasteiger partial charge in [0, 0.05) is 18.1 Å². The number of aryl methyl sites for hydroxylation is 1. The summed E-state index contributed by atoms with van der Waals surface area (Å²) in [6.45, 7) is 0.232. The van der Waals surface area contributed by atoms with Crippen molar-refractivity contribution in [1.82, 2.24) is 0 Å². The molecular formula is C32H34O8. The Bertz CT molecular complexity index is 1340. The van der Waals surface area contributed by atoms with Crippen molar-refractivity contribution in [3.8, 4) is 17.2 Å². The third kappa shape index (κ3) is 7.20. The Kier molecular flexibility index (Phi) is 9.78. The van der Waals surface area contributed by atoms with Crippen LogP contribution in [0.2, 0.25) is 0 Å². The lowest BCUT2D eigenvalue weighted by atomic mass is 9.98. The molecule has 0 radical (unpaired) electrons. The van der Waals surface area contributed by atoms with E-state index in [-0.39, 0.29) is 30.9 Å². The largest absolute Gasteiger partial charge is 0.496 e. The number of carbonyl (C=O) groups excluding carboxylic acids is 3. The van der Waals surface area contributed by atoms with Gasteiger partial charge in [0.1, 0.15) is 23.9 Å². The number of hydrogen-bond acceptors (Lipinski definition) is 8. The van der Waals surface area contributed by atoms with Crippen molar-refractivity contribution < 1.29 is 38.1 Å². The lowest BCUT2D eigenvalue weighted by Gasteiger charge is -2.16. The van der Waals surface area contributed by atoms with Gasteiger partial charge in [-0.2, -0.15) is 0 Å². The van der Waals surface area contributed by atoms with Gasteiger partial charge < -0.3 is 23.7 Å². The first-order chi connectivity index (χ1) is 19.4. The lowest BCUT2D eigenvalue weighted by molar-refractivity contribution is -0.140. The number of benzene rings is 3. The molecule has 0 bridgehead atoms. The maximum absolute atomic E-state index is 13.5. The number of ether oxygens (including phenoxy) is 5. The lowest BCUT2D eigenvalue weighted by Crippen LogP contribution is -2.11. The first kappa shape index (κ1) is 28.7. The van der Waals surface area contributed by atoms with Crippen LogP contribution in [0.3, 0.4) is 0 Å². The molecule has 0 aromatic heterocycles. The normalized spacial score (nSPS) is 13.0. The van der Waals surface area contributed by atoms with Crippen LogP contribution in [-0.4, -0.2) is 45.2 Å². The zero-order valence-corrected chi connectivity index (χ0v) is 23.1. The van der Waals surface area contributed by atoms with E-state index in [9.17, 15) is 14.4 Å². The van der Waals surface area contributed by atoms with Gasteiger partial charge in [-0.1, -0.05) is 12.1 Å². The van der Waals surface area contributed by atoms with Crippen LogP contribution in [0, 0.1) is 0 Å². The Morgan fingerprint density at radius 1 is 0.800 bits per heavy atom. The van der Waals surface area contributed by atoms with Gasteiger partial charge in [0.15, 0.2) is 5.78 Å². The second-order valence-corrected chi connectivity index (χ2v) is 9.59. The van der Waals surface area contributed by atoms with E-state index in [0.29, 0.717) is 45.9 Å². The molecule has 0 amide bonds. The predicted octanol–water partition coefficient (Wildman–Crippen LogP) is 5.72. The monoisotopic (exact) mass is 546 g/mol. The topological polar surface area (TPSA) is 97.4 Å². The van der Waals surface area contributed by atoms with E-state index in [1.807, 2.05) is 0 Å². The highest BCUT2D eigenvalue weighted by molar-refractivity contribution is 6.11. The molecule has 1 aliphatic carbocycles. The molecule has 8 nitrogen and oxygen atoms in total. The quantitative estimate of drug-likeness (QED) is 0.210. The minimum absolute atomic E-state index is 0.134. The van der Waals surface area contributed by atoms with Crippen LogP contribution in [0.1, 0.15) is 69.5 Å². The van der Waals surface area contributed by atoms with Crippen LogP contribution in [0.15, 0.2) is 60.7 Å². The SMILES string of the molecule is COC(=O)CCc1cc(C(=O)c2ccc(OC3CCCC3)cc2OC)ccc1OCc1ccc(C(=O)OC)cc1. The summed E-state index contributed by atoms with van der Waals surface area (Å²) in [6.07, 6.45) is 5.05. The molecule has 0 saturated heterocycles. The first-order valence-corrected chi connectivity index (χ1v) is 13.3. The molecular weight excluding hydrogens is 512 g/mol. The molecule has 0 atom stereocenters. The second-order valence-electron chi connectivity index (χ2n) is 9.59. The minimum atomic E-state index is -0.412. The van der Waals surface area contributed by atoms with Crippen molar-refractivity contribution in [2.75, 3.05) is 21.3 Å². The van der Waals surface area contributed by atoms with E-state index >= 15 is 0 Å². The van der Waals surface area contributed by atoms with Gasteiger partial charge in [-0.15, -0.1) is 0 Å². The van der Waals surface area contributed by atoms with Crippen molar-refractivity contribution in [3.63, 3.8) is 0 Å². The molecule has 1 saturated carbocycles. The van der Waals surface area contributed by atoms with Crippen molar-refractivity contribution in [3.05, 3.63) is 88.5 Å². The third-order valence-corrected chi connectivity index (χ3v) is 6.94. The molecule has 0 heterocycles. The summed E-state index contributed by atoms with van der Waals surface area (Å²) in [7, 11) is 4.20. The van der Waals surface area contributed by atoms with Crippen molar-refractivity contribution in [2.24, 2.45) is 0 Å². The van der Waals surface area contributed by atoms with E-state index in [1.54, 1.807) is 60.7 Å². The molecule has 40 heavy (non-hydrogen) atoms. The predicted molar refractivity (Wildman–Crippen MR) is 148 cm³/mol. The summed E-state index contributed by atoms with van der Waals surface area (Å²) in [5.74, 6) is 0.680. The maximum atomic E-state index is 13.5. The fraction of sp³-hybridized carbons (Fsp3) is 0.344. The Morgan fingerprint density at radius 2 is 1.52 bits per heavy atom. The van der Waals surface area contributed by atoms with E-state index < -0.39 is 5.97 Å². The Morgan fingerprint density at radius 3 is 2.20 bits per heavy atom. The number of ketones is 1. The van der Waals surface area contributed by atoms with Gasteiger partial charge in [-0.25, -0.2) is 4.79 Å². The number of rotatable bonds is 12. The van der Waals surface area contributed by atoms with E-state index in [4.69, 9.17) is 23.7 Å². The zero-order chi connectivity index (χ0) is 28.5. The summed E-state index contributed by atoms with van der Waals surface area (Å²) in [5, 5.41) is 0. The third-order valence-electron chi connectivity index (χ3n) is 6.94. The number of carbonyl (C=O) groups is 3. The van der Waals surface area contributed by atoms with Crippen molar-refractivity contribution in [2.45, 2.75) is 51.2 Å². The average molecular weight is 547 g/mol. The molecule has 3 aromatic rings. The van der Waals surface area contributed by atoms with Gasteiger partial charge in [0.2, 0.25) is 0 Å². The van der Waals surface area contributed by atoms with Gasteiger partial charge >= 0.3 is 11.9 Å². The molecule has 1 aliphatic rings. The van der Waals surface area contributed by atoms with Gasteiger partial charge in [0.05, 0.1) is 38.6 Å². The van der Waals surface area contributed by atoms with E-state index in [1.165, 1.54) is 21.3 Å². The highest BCUT2D eigenvalue weighted by atomic mass is 16.5. The molecule has 4 rings (SSSR count). The van der Waals surface area contributed by atoms with Crippen LogP contribution in [0.4, 0.5) is 0 Å². The van der Waals surface area contributed by atoms with Gasteiger partial charge in [-0.3, -0.25) is 9.59 Å². The maximum Gasteiger partial charge on any atom is 0.337 e. The standard InChI is InChI=1S/C32H34O8/c1-36-29-19-26(40-25-6-4-5-7-25)14-15-27(29)31(34)24-12-16-28(23(18-24)13-17-30(33)37-2)39-20-21-8-10-22(11-9-21)32(35)38-3/h8-12,14-16,18-19,25H,4-7,13,17,20H2,1-3H3. The molecule has 0 aliphatic heterocycles. The number of methoxy groups -OCH3 is 3. The van der Waals surface area contributed by atoms with E-state index in [2.05, 4.69) is 0 Å². The molecule has 8 heteroatoms. The van der Waals surface area contributed by atoms with Gasteiger partial charge in [0.25, 0.3) is 0 Å². The summed E-state index contributed by atoms with van der Waals surface area (Å²) < 4.78 is 27.2. The van der Waals surface area contributed by atoms with Crippen LogP contribution in [-0.2, 0) is 27.3 Å². The smallest absolute Gasteiger partial charge is 0.337 e. The average Bonchev–Trinajstić information content (AvgIpc) is 3.51. The van der Waals surface area contributed by atoms with Crippen molar-refractivity contribution >= 4 is 17.7 Å². The molecule has 0 unspecified atom stereocenters. The van der Waals surface area contributed by atoms with Crippen LogP contribution in [0.5, 0.6) is 17.2 Å². The zero-order valence-electron chi connectivity index (χ0n) is 23.1. The Hall–Kier alpha value is -4.33. The number of hydrogen-bond donors (Lipinski definition) is 0. The highest BCUT2D eigenvalue weighted by Gasteiger charge is 2.21. The summed E-state index contributed by atoms with van der Waals surface area (Å²) in [5.41, 5.74) is 2.84. The van der Waals surface area contributed by atoms with Crippen LogP contribution >= 0.6 is 0 Å². The number of esters is 2. The van der Waals surface area contributed by atoms with Crippen LogP contribution in [0.25, 0.3) is 0 Å². The summed E-state index contributed by atoms with van der Waals surface area (Å²) >= 11 is 0. The molecule has 210 valence electrons. The molecule has 0 N–H and O–H groups in total. The highest BCUT2D eigenvalue weighted by Crippen LogP contribution is 2.31. The molecule has 1 fully saturated rings. The van der Waals surface area contributed by atoms with Crippen LogP contribution < -0.4 is 14.2 Å². The summed E-state index contributed by atoms with van der Waals surface area (Å²) in [6, 6.07) is 17.3. The first-order valence-electron chi connectivity index (χ1n) is 13.3. The molecule has 0 spiro atoms. The minimum Gasteiger partial charge on any atom is -0.496 e.